The van der Waals surface area contributed by atoms with Gasteiger partial charge in [0.15, 0.2) is 0 Å². The molecule has 0 spiro atoms. The van der Waals surface area contributed by atoms with Crippen LogP contribution in [0.2, 0.25) is 0 Å². The third-order valence-electron chi connectivity index (χ3n) is 3.30. The molecule has 22 heavy (non-hydrogen) atoms. The second-order valence-electron chi connectivity index (χ2n) is 5.20. The summed E-state index contributed by atoms with van der Waals surface area (Å²) in [5, 5.41) is 5.61. The molecule has 2 aromatic rings. The van der Waals surface area contributed by atoms with Crippen LogP contribution in [-0.4, -0.2) is 27.8 Å². The summed E-state index contributed by atoms with van der Waals surface area (Å²) in [5.41, 5.74) is 1.40. The Bertz CT molecular complexity index is 684. The Hall–Kier alpha value is -2.76. The summed E-state index contributed by atoms with van der Waals surface area (Å²) in [4.78, 5) is 32.1. The first-order valence-electron chi connectivity index (χ1n) is 7.17. The smallest absolute Gasteiger partial charge is 0.270 e. The monoisotopic (exact) mass is 296 g/mol. The number of nitrogens with zero attached hydrogens (tertiary/aromatic N) is 2. The van der Waals surface area contributed by atoms with Gasteiger partial charge in [0, 0.05) is 25.0 Å². The van der Waals surface area contributed by atoms with E-state index in [2.05, 4.69) is 20.6 Å². The van der Waals surface area contributed by atoms with Gasteiger partial charge < -0.3 is 10.6 Å². The summed E-state index contributed by atoms with van der Waals surface area (Å²) in [6, 6.07) is 8.80. The van der Waals surface area contributed by atoms with Crippen LogP contribution in [0.15, 0.2) is 42.7 Å². The van der Waals surface area contributed by atoms with Crippen LogP contribution in [-0.2, 0) is 6.54 Å². The Balaban J connectivity index is 1.63. The third kappa shape index (κ3) is 3.66. The van der Waals surface area contributed by atoms with Gasteiger partial charge in [-0.2, -0.15) is 0 Å². The van der Waals surface area contributed by atoms with Crippen molar-refractivity contribution in [2.45, 2.75) is 25.4 Å². The van der Waals surface area contributed by atoms with Gasteiger partial charge in [-0.25, -0.2) is 4.98 Å². The van der Waals surface area contributed by atoms with Gasteiger partial charge in [0.05, 0.1) is 0 Å². The molecule has 0 saturated heterocycles. The molecule has 1 saturated carbocycles. The molecule has 112 valence electrons. The molecule has 6 nitrogen and oxygen atoms in total. The molecule has 0 radical (unpaired) electrons. The van der Waals surface area contributed by atoms with Crippen molar-refractivity contribution in [3.05, 3.63) is 59.7 Å². The number of carbonyl (C=O) groups is 2. The molecule has 1 fully saturated rings. The molecule has 0 aliphatic heterocycles. The summed E-state index contributed by atoms with van der Waals surface area (Å²) in [6.45, 7) is 0.368. The highest BCUT2D eigenvalue weighted by molar-refractivity contribution is 5.96. The van der Waals surface area contributed by atoms with E-state index < -0.39 is 0 Å². The van der Waals surface area contributed by atoms with E-state index in [0.29, 0.717) is 6.54 Å². The predicted octanol–water partition coefficient (Wildman–Crippen LogP) is 1.30. The van der Waals surface area contributed by atoms with Crippen molar-refractivity contribution in [2.24, 2.45) is 0 Å². The third-order valence-corrected chi connectivity index (χ3v) is 3.30. The van der Waals surface area contributed by atoms with Gasteiger partial charge in [-0.05, 0) is 36.6 Å². The van der Waals surface area contributed by atoms with Gasteiger partial charge in [0.1, 0.15) is 11.4 Å². The van der Waals surface area contributed by atoms with Crippen LogP contribution in [0.4, 0.5) is 0 Å². The minimum Gasteiger partial charge on any atom is -0.348 e. The fraction of sp³-hybridized carbons (Fsp3) is 0.250. The molecule has 2 amide bonds. The zero-order valence-corrected chi connectivity index (χ0v) is 12.0. The van der Waals surface area contributed by atoms with Crippen LogP contribution in [0.3, 0.4) is 0 Å². The number of carbonyl (C=O) groups excluding carboxylic acids is 2. The van der Waals surface area contributed by atoms with Gasteiger partial charge in [-0.15, -0.1) is 0 Å². The van der Waals surface area contributed by atoms with Crippen LogP contribution >= 0.6 is 0 Å². The van der Waals surface area contributed by atoms with E-state index in [9.17, 15) is 9.59 Å². The topological polar surface area (TPSA) is 84.0 Å². The molecule has 0 bridgehead atoms. The highest BCUT2D eigenvalue weighted by atomic mass is 16.2. The lowest BCUT2D eigenvalue weighted by Crippen LogP contribution is -2.28. The zero-order chi connectivity index (χ0) is 15.4. The number of pyridine rings is 2. The van der Waals surface area contributed by atoms with Crippen molar-refractivity contribution in [1.82, 2.24) is 20.6 Å². The van der Waals surface area contributed by atoms with Crippen LogP contribution in [0, 0.1) is 0 Å². The summed E-state index contributed by atoms with van der Waals surface area (Å²) in [5.74, 6) is -0.547. The second-order valence-corrected chi connectivity index (χ2v) is 5.20. The SMILES string of the molecule is O=C(NCc1cccnc1)c1cccc(C(=O)NC2CC2)n1. The number of amides is 2. The first-order chi connectivity index (χ1) is 10.7. The Labute approximate surface area is 128 Å². The van der Waals surface area contributed by atoms with Crippen molar-refractivity contribution in [2.75, 3.05) is 0 Å². The number of rotatable bonds is 5. The van der Waals surface area contributed by atoms with E-state index in [1.54, 1.807) is 30.6 Å². The molecular formula is C16H16N4O2. The standard InChI is InChI=1S/C16H16N4O2/c21-15(18-10-11-3-2-8-17-9-11)13-4-1-5-14(20-13)16(22)19-12-6-7-12/h1-5,8-9,12H,6-7,10H2,(H,18,21)(H,19,22). The first-order valence-corrected chi connectivity index (χ1v) is 7.17. The number of hydrogen-bond donors (Lipinski definition) is 2. The fourth-order valence-corrected chi connectivity index (χ4v) is 1.95. The summed E-state index contributed by atoms with van der Waals surface area (Å²) in [6.07, 6.45) is 5.39. The average molecular weight is 296 g/mol. The van der Waals surface area contributed by atoms with Gasteiger partial charge in [0.2, 0.25) is 0 Å². The highest BCUT2D eigenvalue weighted by Crippen LogP contribution is 2.19. The summed E-state index contributed by atoms with van der Waals surface area (Å²) < 4.78 is 0. The molecule has 1 aliphatic carbocycles. The maximum absolute atomic E-state index is 12.1. The molecular weight excluding hydrogens is 280 g/mol. The van der Waals surface area contributed by atoms with Crippen LogP contribution < -0.4 is 10.6 Å². The molecule has 0 aromatic carbocycles. The largest absolute Gasteiger partial charge is 0.348 e. The Morgan fingerprint density at radius 3 is 2.55 bits per heavy atom. The van der Waals surface area contributed by atoms with E-state index in [0.717, 1.165) is 18.4 Å². The zero-order valence-electron chi connectivity index (χ0n) is 12.0. The van der Waals surface area contributed by atoms with Gasteiger partial charge in [0.25, 0.3) is 11.8 Å². The number of aromatic nitrogens is 2. The van der Waals surface area contributed by atoms with Crippen LogP contribution in [0.25, 0.3) is 0 Å². The molecule has 0 unspecified atom stereocenters. The molecule has 2 N–H and O–H groups in total. The lowest BCUT2D eigenvalue weighted by Gasteiger charge is -2.06. The fourth-order valence-electron chi connectivity index (χ4n) is 1.95. The molecule has 3 rings (SSSR count). The summed E-state index contributed by atoms with van der Waals surface area (Å²) in [7, 11) is 0. The minimum atomic E-state index is -0.315. The van der Waals surface area contributed by atoms with Gasteiger partial charge >= 0.3 is 0 Å². The van der Waals surface area contributed by atoms with E-state index >= 15 is 0 Å². The Morgan fingerprint density at radius 1 is 1.09 bits per heavy atom. The van der Waals surface area contributed by atoms with Gasteiger partial charge in [-0.3, -0.25) is 14.6 Å². The Kier molecular flexibility index (Phi) is 4.09. The van der Waals surface area contributed by atoms with E-state index in [1.165, 1.54) is 0 Å². The minimum absolute atomic E-state index is 0.229. The molecule has 1 aliphatic rings. The second kappa shape index (κ2) is 6.34. The van der Waals surface area contributed by atoms with Crippen molar-refractivity contribution in [3.8, 4) is 0 Å². The van der Waals surface area contributed by atoms with Crippen molar-refractivity contribution in [1.29, 1.82) is 0 Å². The van der Waals surface area contributed by atoms with Crippen LogP contribution in [0.5, 0.6) is 0 Å². The maximum Gasteiger partial charge on any atom is 0.270 e. The van der Waals surface area contributed by atoms with Crippen molar-refractivity contribution >= 4 is 11.8 Å². The first kappa shape index (κ1) is 14.2. The summed E-state index contributed by atoms with van der Waals surface area (Å²) >= 11 is 0. The van der Waals surface area contributed by atoms with Crippen molar-refractivity contribution < 1.29 is 9.59 Å². The van der Waals surface area contributed by atoms with E-state index in [4.69, 9.17) is 0 Å². The molecule has 2 heterocycles. The number of hydrogen-bond acceptors (Lipinski definition) is 4. The predicted molar refractivity (Wildman–Crippen MR) is 80.1 cm³/mol. The maximum atomic E-state index is 12.1. The van der Waals surface area contributed by atoms with E-state index in [1.807, 2.05) is 12.1 Å². The quantitative estimate of drug-likeness (QED) is 0.871. The van der Waals surface area contributed by atoms with E-state index in [-0.39, 0.29) is 29.2 Å². The lowest BCUT2D eigenvalue weighted by molar-refractivity contribution is 0.0941. The Morgan fingerprint density at radius 2 is 1.86 bits per heavy atom. The number of nitrogens with one attached hydrogen (secondary N) is 2. The lowest BCUT2D eigenvalue weighted by atomic mass is 10.2. The molecule has 0 atom stereocenters. The van der Waals surface area contributed by atoms with Crippen LogP contribution in [0.1, 0.15) is 39.4 Å². The highest BCUT2D eigenvalue weighted by Gasteiger charge is 2.24. The molecule has 2 aromatic heterocycles. The average Bonchev–Trinajstić information content (AvgIpc) is 3.37. The van der Waals surface area contributed by atoms with Crippen molar-refractivity contribution in [3.63, 3.8) is 0 Å². The normalized spacial score (nSPS) is 13.5. The molecule has 6 heteroatoms. The van der Waals surface area contributed by atoms with Gasteiger partial charge in [-0.1, -0.05) is 12.1 Å².